The summed E-state index contributed by atoms with van der Waals surface area (Å²) in [4.78, 5) is 0. The van der Waals surface area contributed by atoms with Crippen LogP contribution in [0.4, 0.5) is 0 Å². The maximum Gasteiger partial charge on any atom is -0.0139 e. The van der Waals surface area contributed by atoms with Crippen molar-refractivity contribution in [2.45, 2.75) is 152 Å². The van der Waals surface area contributed by atoms with Gasteiger partial charge in [0.05, 0.1) is 0 Å². The fourth-order valence-electron chi connectivity index (χ4n) is 3.84. The van der Waals surface area contributed by atoms with Crippen molar-refractivity contribution in [2.24, 2.45) is 17.8 Å². The van der Waals surface area contributed by atoms with E-state index in [0.29, 0.717) is 0 Å². The summed E-state index contributed by atoms with van der Waals surface area (Å²) in [6.07, 6.45) is 39.6. The molecule has 1 saturated carbocycles. The molecule has 0 heterocycles. The lowest BCUT2D eigenvalue weighted by molar-refractivity contribution is 0.384. The summed E-state index contributed by atoms with van der Waals surface area (Å²) in [6.45, 7) is 24.2. The zero-order valence-corrected chi connectivity index (χ0v) is 28.4. The summed E-state index contributed by atoms with van der Waals surface area (Å²) in [5.41, 5.74) is 1.74. The number of hydrogen-bond acceptors (Lipinski definition) is 0. The van der Waals surface area contributed by atoms with E-state index in [1.807, 2.05) is 45.9 Å². The van der Waals surface area contributed by atoms with E-state index in [2.05, 4.69) is 71.9 Å². The first kappa shape index (κ1) is 44.7. The van der Waals surface area contributed by atoms with Crippen LogP contribution in [0.3, 0.4) is 0 Å². The van der Waals surface area contributed by atoms with Crippen LogP contribution in [0.2, 0.25) is 0 Å². The minimum atomic E-state index is 0. The van der Waals surface area contributed by atoms with Gasteiger partial charge >= 0.3 is 0 Å². The molecule has 3 aliphatic rings. The second kappa shape index (κ2) is 38.8. The van der Waals surface area contributed by atoms with Gasteiger partial charge in [0.1, 0.15) is 0 Å². The lowest BCUT2D eigenvalue weighted by Crippen LogP contribution is -2.04. The monoisotopic (exact) mass is 542 g/mol. The average molecular weight is 542 g/mol. The molecular formula is C39H73. The minimum absolute atomic E-state index is 0. The van der Waals surface area contributed by atoms with Crippen LogP contribution >= 0.6 is 0 Å². The fraction of sp³-hybridized carbons (Fsp3) is 0.667. The summed E-state index contributed by atoms with van der Waals surface area (Å²) >= 11 is 0. The Kier molecular flexibility index (Phi) is 44.5. The molecule has 0 amide bonds. The van der Waals surface area contributed by atoms with Crippen LogP contribution in [0.15, 0.2) is 60.8 Å². The van der Waals surface area contributed by atoms with E-state index in [1.165, 1.54) is 89.9 Å². The summed E-state index contributed by atoms with van der Waals surface area (Å²) in [5, 5.41) is 0. The molecule has 0 heteroatoms. The number of allylic oxidation sites excluding steroid dienone is 9. The Morgan fingerprint density at radius 2 is 1.54 bits per heavy atom. The van der Waals surface area contributed by atoms with Crippen molar-refractivity contribution in [2.75, 3.05) is 0 Å². The van der Waals surface area contributed by atoms with Crippen molar-refractivity contribution in [3.63, 3.8) is 0 Å². The standard InChI is InChI=1S/C15H23.C8H12.C6H14.C5H9.2C2H6.CH3/c1-3-8-14(9-4-1)12-7-13-15-10-5-2-6-11-15;1-3-5-7-8-6-4-2;1-4-6(3)5-2;1-5-3-2-4-5;2*1-2;/h1,3,8,10,14H,2,4-7,9,11-13H2;3,5-8H,1,4H2,2H3;6H,4-5H2,1-3H3;5H,1-4H2;2*1-2H3;1H3/b;7-5+,8-6+;;;;;. The van der Waals surface area contributed by atoms with Crippen LogP contribution in [-0.4, -0.2) is 0 Å². The zero-order valence-electron chi connectivity index (χ0n) is 28.4. The smallest absolute Gasteiger partial charge is 0.0139 e. The first-order valence-corrected chi connectivity index (χ1v) is 16.5. The molecule has 1 unspecified atom stereocenters. The summed E-state index contributed by atoms with van der Waals surface area (Å²) in [5.74, 6) is 2.62. The van der Waals surface area contributed by atoms with Gasteiger partial charge in [0, 0.05) is 0 Å². The Morgan fingerprint density at radius 3 is 1.92 bits per heavy atom. The maximum absolute atomic E-state index is 3.84. The van der Waals surface area contributed by atoms with Crippen LogP contribution < -0.4 is 0 Å². The molecule has 0 bridgehead atoms. The van der Waals surface area contributed by atoms with E-state index < -0.39 is 0 Å². The van der Waals surface area contributed by atoms with E-state index in [9.17, 15) is 0 Å². The molecule has 1 atom stereocenters. The van der Waals surface area contributed by atoms with Gasteiger partial charge in [-0.15, -0.1) is 0 Å². The van der Waals surface area contributed by atoms with Crippen LogP contribution in [0.25, 0.3) is 0 Å². The third-order valence-electron chi connectivity index (χ3n) is 7.03. The van der Waals surface area contributed by atoms with Gasteiger partial charge in [0.15, 0.2) is 0 Å². The molecule has 229 valence electrons. The SMILES string of the molecule is C=C/C=C/C=C/CC.CC.CC.CCC(C)CC.[CH2]C1CCC1.[CH3].[CH]1C=CCCC1CCCC1=CCCCC1. The molecular weight excluding hydrogens is 468 g/mol. The van der Waals surface area contributed by atoms with E-state index in [4.69, 9.17) is 0 Å². The zero-order chi connectivity index (χ0) is 29.3. The lowest BCUT2D eigenvalue weighted by atomic mass is 9.88. The largest absolute Gasteiger partial charge is 0.0991 e. The predicted octanol–water partition coefficient (Wildman–Crippen LogP) is 14.1. The molecule has 0 aromatic heterocycles. The van der Waals surface area contributed by atoms with E-state index >= 15 is 0 Å². The van der Waals surface area contributed by atoms with Gasteiger partial charge in [0.25, 0.3) is 0 Å². The summed E-state index contributed by atoms with van der Waals surface area (Å²) < 4.78 is 0. The van der Waals surface area contributed by atoms with Gasteiger partial charge in [-0.05, 0) is 88.4 Å². The molecule has 1 fully saturated rings. The molecule has 0 aromatic carbocycles. The first-order valence-electron chi connectivity index (χ1n) is 16.5. The molecule has 0 N–H and O–H groups in total. The van der Waals surface area contributed by atoms with Crippen molar-refractivity contribution >= 4 is 0 Å². The van der Waals surface area contributed by atoms with Crippen LogP contribution in [0, 0.1) is 38.5 Å². The predicted molar refractivity (Wildman–Crippen MR) is 187 cm³/mol. The highest BCUT2D eigenvalue weighted by molar-refractivity contribution is 5.08. The Balaban J connectivity index is -0.000000218. The first-order chi connectivity index (χ1) is 18.6. The highest BCUT2D eigenvalue weighted by Gasteiger charge is 2.11. The van der Waals surface area contributed by atoms with Gasteiger partial charge < -0.3 is 0 Å². The van der Waals surface area contributed by atoms with Crippen molar-refractivity contribution in [3.8, 4) is 0 Å². The van der Waals surface area contributed by atoms with E-state index in [-0.39, 0.29) is 7.43 Å². The quantitative estimate of drug-likeness (QED) is 0.201. The van der Waals surface area contributed by atoms with Crippen molar-refractivity contribution in [3.05, 3.63) is 81.5 Å². The van der Waals surface area contributed by atoms with E-state index in [1.54, 1.807) is 11.6 Å². The Morgan fingerprint density at radius 1 is 0.897 bits per heavy atom. The fourth-order valence-corrected chi connectivity index (χ4v) is 3.84. The Labute approximate surface area is 250 Å². The molecule has 0 nitrogen and oxygen atoms in total. The molecule has 3 rings (SSSR count). The Bertz CT molecular complexity index is 551. The van der Waals surface area contributed by atoms with Gasteiger partial charge in [-0.2, -0.15) is 0 Å². The summed E-state index contributed by atoms with van der Waals surface area (Å²) in [7, 11) is 0. The van der Waals surface area contributed by atoms with Crippen molar-refractivity contribution < 1.29 is 0 Å². The molecule has 3 aliphatic carbocycles. The molecule has 0 aromatic rings. The highest BCUT2D eigenvalue weighted by Crippen LogP contribution is 2.26. The maximum atomic E-state index is 3.84. The normalized spacial score (nSPS) is 17.6. The number of hydrogen-bond donors (Lipinski definition) is 0. The molecule has 0 saturated heterocycles. The van der Waals surface area contributed by atoms with Crippen molar-refractivity contribution in [1.82, 2.24) is 0 Å². The second-order valence-corrected chi connectivity index (χ2v) is 10.1. The minimum Gasteiger partial charge on any atom is -0.0991 e. The van der Waals surface area contributed by atoms with Crippen LogP contribution in [0.5, 0.6) is 0 Å². The third kappa shape index (κ3) is 34.7. The molecule has 3 radical (unpaired) electrons. The third-order valence-corrected chi connectivity index (χ3v) is 7.03. The van der Waals surface area contributed by atoms with Crippen molar-refractivity contribution in [1.29, 1.82) is 0 Å². The van der Waals surface area contributed by atoms with Gasteiger partial charge in [0.2, 0.25) is 0 Å². The topological polar surface area (TPSA) is 0 Å². The van der Waals surface area contributed by atoms with Gasteiger partial charge in [-0.25, -0.2) is 0 Å². The van der Waals surface area contributed by atoms with Gasteiger partial charge in [-0.3, -0.25) is 0 Å². The highest BCUT2D eigenvalue weighted by atomic mass is 14.2. The van der Waals surface area contributed by atoms with E-state index in [0.717, 1.165) is 24.2 Å². The molecule has 0 spiro atoms. The number of rotatable bonds is 9. The summed E-state index contributed by atoms with van der Waals surface area (Å²) in [6, 6.07) is 0. The average Bonchev–Trinajstić information content (AvgIpc) is 2.98. The van der Waals surface area contributed by atoms with Gasteiger partial charge in [-0.1, -0.05) is 163 Å². The van der Waals surface area contributed by atoms with Crippen LogP contribution in [0.1, 0.15) is 152 Å². The molecule has 39 heavy (non-hydrogen) atoms. The Hall–Kier alpha value is -1.30. The lowest BCUT2D eigenvalue weighted by Gasteiger charge is -2.18. The van der Waals surface area contributed by atoms with Crippen LogP contribution in [-0.2, 0) is 0 Å². The second-order valence-electron chi connectivity index (χ2n) is 10.1. The molecule has 0 aliphatic heterocycles.